The van der Waals surface area contributed by atoms with Crippen molar-refractivity contribution >= 4 is 12.5 Å². The normalized spacial score (nSPS) is 9.41. The molecule has 3 nitrogen and oxygen atoms in total. The standard InChI is InChI=1S/C7H7NO.C7H6O/c9-8-6-7-4-2-1-3-5-7;8-6-7-4-2-1-3-5-7/h1-6,9H;1-6H. The van der Waals surface area contributed by atoms with Crippen LogP contribution in [0.15, 0.2) is 65.8 Å². The van der Waals surface area contributed by atoms with E-state index in [0.29, 0.717) is 0 Å². The Morgan fingerprint density at radius 3 is 1.65 bits per heavy atom. The van der Waals surface area contributed by atoms with Gasteiger partial charge in [0.15, 0.2) is 0 Å². The minimum Gasteiger partial charge on any atom is -0.411 e. The summed E-state index contributed by atoms with van der Waals surface area (Å²) in [5, 5.41) is 11.0. The molecule has 2 aromatic rings. The zero-order chi connectivity index (χ0) is 12.3. The van der Waals surface area contributed by atoms with E-state index in [9.17, 15) is 4.79 Å². The number of rotatable bonds is 2. The zero-order valence-electron chi connectivity index (χ0n) is 9.23. The second-order valence-corrected chi connectivity index (χ2v) is 3.18. The summed E-state index contributed by atoms with van der Waals surface area (Å²) in [6, 6.07) is 18.5. The van der Waals surface area contributed by atoms with Crippen molar-refractivity contribution in [1.29, 1.82) is 0 Å². The van der Waals surface area contributed by atoms with E-state index in [-0.39, 0.29) is 0 Å². The SMILES string of the molecule is O=Cc1ccccc1.ON=Cc1ccccc1. The largest absolute Gasteiger partial charge is 0.411 e. The maximum atomic E-state index is 10.0. The summed E-state index contributed by atoms with van der Waals surface area (Å²) in [5.74, 6) is 0. The number of aldehydes is 1. The molecule has 0 saturated carbocycles. The zero-order valence-corrected chi connectivity index (χ0v) is 9.23. The molecule has 0 spiro atoms. The smallest absolute Gasteiger partial charge is 0.150 e. The van der Waals surface area contributed by atoms with E-state index in [1.807, 2.05) is 48.5 Å². The van der Waals surface area contributed by atoms with Gasteiger partial charge < -0.3 is 5.21 Å². The summed E-state index contributed by atoms with van der Waals surface area (Å²) in [6.45, 7) is 0. The first-order valence-corrected chi connectivity index (χ1v) is 5.09. The molecule has 2 rings (SSSR count). The van der Waals surface area contributed by atoms with Crippen LogP contribution in [0.4, 0.5) is 0 Å². The molecule has 0 atom stereocenters. The van der Waals surface area contributed by atoms with Gasteiger partial charge in [-0.25, -0.2) is 0 Å². The first kappa shape index (κ1) is 12.6. The molecular weight excluding hydrogens is 214 g/mol. The van der Waals surface area contributed by atoms with E-state index >= 15 is 0 Å². The fraction of sp³-hybridized carbons (Fsp3) is 0. The van der Waals surface area contributed by atoms with Crippen molar-refractivity contribution in [1.82, 2.24) is 0 Å². The molecule has 0 aliphatic rings. The topological polar surface area (TPSA) is 49.7 Å². The Morgan fingerprint density at radius 2 is 1.29 bits per heavy atom. The number of hydrogen-bond acceptors (Lipinski definition) is 3. The summed E-state index contributed by atoms with van der Waals surface area (Å²) in [4.78, 5) is 10.0. The monoisotopic (exact) mass is 227 g/mol. The van der Waals surface area contributed by atoms with Crippen LogP contribution in [0.3, 0.4) is 0 Å². The predicted molar refractivity (Wildman–Crippen MR) is 67.7 cm³/mol. The van der Waals surface area contributed by atoms with Crippen LogP contribution in [0.25, 0.3) is 0 Å². The molecule has 0 bridgehead atoms. The summed E-state index contributed by atoms with van der Waals surface area (Å²) in [5.41, 5.74) is 1.63. The highest BCUT2D eigenvalue weighted by Crippen LogP contribution is 1.92. The molecule has 0 heterocycles. The summed E-state index contributed by atoms with van der Waals surface area (Å²) < 4.78 is 0. The van der Waals surface area contributed by atoms with Gasteiger partial charge in [0.05, 0.1) is 6.21 Å². The maximum absolute atomic E-state index is 10.0. The third kappa shape index (κ3) is 5.28. The first-order valence-electron chi connectivity index (χ1n) is 5.09. The molecule has 2 aromatic carbocycles. The van der Waals surface area contributed by atoms with Crippen molar-refractivity contribution in [3.05, 3.63) is 71.8 Å². The summed E-state index contributed by atoms with van der Waals surface area (Å²) in [6.07, 6.45) is 2.22. The van der Waals surface area contributed by atoms with E-state index < -0.39 is 0 Å². The van der Waals surface area contributed by atoms with Crippen molar-refractivity contribution in [3.63, 3.8) is 0 Å². The van der Waals surface area contributed by atoms with Crippen molar-refractivity contribution in [2.75, 3.05) is 0 Å². The highest BCUT2D eigenvalue weighted by atomic mass is 16.4. The van der Waals surface area contributed by atoms with Gasteiger partial charge in [0.25, 0.3) is 0 Å². The molecule has 0 saturated heterocycles. The van der Waals surface area contributed by atoms with Gasteiger partial charge in [-0.2, -0.15) is 0 Å². The molecule has 0 aliphatic heterocycles. The third-order valence-corrected chi connectivity index (χ3v) is 1.94. The van der Waals surface area contributed by atoms with Gasteiger partial charge in [0.2, 0.25) is 0 Å². The Kier molecular flexibility index (Phi) is 5.82. The Morgan fingerprint density at radius 1 is 0.824 bits per heavy atom. The lowest BCUT2D eigenvalue weighted by Crippen LogP contribution is -1.76. The number of hydrogen-bond donors (Lipinski definition) is 1. The Bertz CT molecular complexity index is 452. The van der Waals surface area contributed by atoms with Gasteiger partial charge in [-0.1, -0.05) is 65.8 Å². The van der Waals surface area contributed by atoms with E-state index in [4.69, 9.17) is 5.21 Å². The molecule has 0 radical (unpaired) electrons. The highest BCUT2D eigenvalue weighted by molar-refractivity contribution is 5.78. The van der Waals surface area contributed by atoms with Crippen LogP contribution in [0.5, 0.6) is 0 Å². The Hall–Kier alpha value is -2.42. The van der Waals surface area contributed by atoms with Crippen LogP contribution in [0.1, 0.15) is 15.9 Å². The molecule has 0 aromatic heterocycles. The van der Waals surface area contributed by atoms with Crippen molar-refractivity contribution in [2.24, 2.45) is 5.16 Å². The second-order valence-electron chi connectivity index (χ2n) is 3.18. The Balaban J connectivity index is 0.000000171. The van der Waals surface area contributed by atoms with Gasteiger partial charge in [0.1, 0.15) is 6.29 Å². The minimum absolute atomic E-state index is 0.729. The second kappa shape index (κ2) is 7.82. The van der Waals surface area contributed by atoms with Gasteiger partial charge in [-0.3, -0.25) is 4.79 Å². The van der Waals surface area contributed by atoms with E-state index in [1.165, 1.54) is 6.21 Å². The van der Waals surface area contributed by atoms with Crippen LogP contribution in [0, 0.1) is 0 Å². The fourth-order valence-electron chi connectivity index (χ4n) is 1.14. The van der Waals surface area contributed by atoms with Gasteiger partial charge in [-0.05, 0) is 5.56 Å². The van der Waals surface area contributed by atoms with Crippen molar-refractivity contribution in [2.45, 2.75) is 0 Å². The van der Waals surface area contributed by atoms with Gasteiger partial charge in [-0.15, -0.1) is 0 Å². The van der Waals surface area contributed by atoms with Gasteiger partial charge in [0, 0.05) is 5.56 Å². The molecule has 0 amide bonds. The average molecular weight is 227 g/mol. The predicted octanol–water partition coefficient (Wildman–Crippen LogP) is 2.99. The van der Waals surface area contributed by atoms with E-state index in [0.717, 1.165) is 17.4 Å². The molecule has 17 heavy (non-hydrogen) atoms. The first-order chi connectivity index (χ1) is 8.36. The molecule has 0 unspecified atom stereocenters. The molecule has 1 N–H and O–H groups in total. The fourth-order valence-corrected chi connectivity index (χ4v) is 1.14. The van der Waals surface area contributed by atoms with E-state index in [1.54, 1.807) is 12.1 Å². The van der Waals surface area contributed by atoms with Crippen LogP contribution in [0.2, 0.25) is 0 Å². The number of nitrogens with zero attached hydrogens (tertiary/aromatic N) is 1. The lowest BCUT2D eigenvalue weighted by atomic mass is 10.2. The molecule has 0 fully saturated rings. The van der Waals surface area contributed by atoms with Crippen molar-refractivity contribution < 1.29 is 10.0 Å². The quantitative estimate of drug-likeness (QED) is 0.371. The average Bonchev–Trinajstić information content (AvgIpc) is 2.42. The molecule has 0 aliphatic carbocycles. The Labute approximate surface area is 100 Å². The van der Waals surface area contributed by atoms with E-state index in [2.05, 4.69) is 5.16 Å². The number of oxime groups is 1. The van der Waals surface area contributed by atoms with Crippen LogP contribution >= 0.6 is 0 Å². The summed E-state index contributed by atoms with van der Waals surface area (Å²) >= 11 is 0. The highest BCUT2D eigenvalue weighted by Gasteiger charge is 1.80. The van der Waals surface area contributed by atoms with Crippen LogP contribution in [-0.4, -0.2) is 17.7 Å². The molecule has 86 valence electrons. The molecule has 3 heteroatoms. The van der Waals surface area contributed by atoms with Crippen molar-refractivity contribution in [3.8, 4) is 0 Å². The summed E-state index contributed by atoms with van der Waals surface area (Å²) in [7, 11) is 0. The number of carbonyl (C=O) groups is 1. The van der Waals surface area contributed by atoms with Gasteiger partial charge >= 0.3 is 0 Å². The number of benzene rings is 2. The van der Waals surface area contributed by atoms with Crippen LogP contribution < -0.4 is 0 Å². The maximum Gasteiger partial charge on any atom is 0.150 e. The minimum atomic E-state index is 0.729. The third-order valence-electron chi connectivity index (χ3n) is 1.94. The van der Waals surface area contributed by atoms with Crippen LogP contribution in [-0.2, 0) is 0 Å². The molecular formula is C14H13NO2. The lowest BCUT2D eigenvalue weighted by molar-refractivity contribution is 0.112. The number of carbonyl (C=O) groups excluding carboxylic acids is 1. The lowest BCUT2D eigenvalue weighted by Gasteiger charge is -1.85.